The second kappa shape index (κ2) is 5.00. The third-order valence-electron chi connectivity index (χ3n) is 1.11. The van der Waals surface area contributed by atoms with Crippen molar-refractivity contribution in [3.8, 4) is 0 Å². The van der Waals surface area contributed by atoms with Crippen molar-refractivity contribution < 1.29 is 4.74 Å². The molecule has 11 heavy (non-hydrogen) atoms. The van der Waals surface area contributed by atoms with Gasteiger partial charge in [0.2, 0.25) is 0 Å². The Labute approximate surface area is 83.3 Å². The van der Waals surface area contributed by atoms with Crippen molar-refractivity contribution >= 4 is 33.9 Å². The second-order valence-corrected chi connectivity index (χ2v) is 4.71. The summed E-state index contributed by atoms with van der Waals surface area (Å²) in [6.07, 6.45) is 0.883. The van der Waals surface area contributed by atoms with Gasteiger partial charge in [0, 0.05) is 13.0 Å². The number of ether oxygens (including phenoxy) is 1. The van der Waals surface area contributed by atoms with E-state index in [-0.39, 0.29) is 0 Å². The molecule has 0 saturated heterocycles. The van der Waals surface area contributed by atoms with Gasteiger partial charge in [0.1, 0.15) is 5.01 Å². The molecule has 0 aliphatic rings. The van der Waals surface area contributed by atoms with Crippen LogP contribution in [0, 0.1) is 3.01 Å². The summed E-state index contributed by atoms with van der Waals surface area (Å²) in [6, 6.07) is 0. The Kier molecular flexibility index (Phi) is 4.24. The fraction of sp³-hybridized carbons (Fsp3) is 0.667. The number of hydrogen-bond acceptors (Lipinski definition) is 4. The van der Waals surface area contributed by atoms with Crippen molar-refractivity contribution in [1.82, 2.24) is 10.2 Å². The van der Waals surface area contributed by atoms with E-state index in [9.17, 15) is 0 Å². The lowest BCUT2D eigenvalue weighted by Gasteiger charge is -1.95. The Bertz CT molecular complexity index is 216. The SMILES string of the molecule is CCOCCc1nnc(I)s1. The molecule has 0 aliphatic heterocycles. The van der Waals surface area contributed by atoms with Gasteiger partial charge in [-0.3, -0.25) is 0 Å². The molecule has 0 atom stereocenters. The van der Waals surface area contributed by atoms with Crippen LogP contribution < -0.4 is 0 Å². The third-order valence-corrected chi connectivity index (χ3v) is 2.75. The molecule has 1 rings (SSSR count). The Balaban J connectivity index is 2.27. The van der Waals surface area contributed by atoms with E-state index >= 15 is 0 Å². The number of rotatable bonds is 4. The molecule has 0 radical (unpaired) electrons. The minimum atomic E-state index is 0.752. The highest BCUT2D eigenvalue weighted by Crippen LogP contribution is 2.11. The average molecular weight is 284 g/mol. The summed E-state index contributed by atoms with van der Waals surface area (Å²) in [5, 5.41) is 8.92. The van der Waals surface area contributed by atoms with Crippen LogP contribution >= 0.6 is 33.9 Å². The van der Waals surface area contributed by atoms with Crippen LogP contribution in [0.3, 0.4) is 0 Å². The Hall–Kier alpha value is 0.250. The summed E-state index contributed by atoms with van der Waals surface area (Å²) in [5.74, 6) is 0. The molecular formula is C6H9IN2OS. The molecule has 0 fully saturated rings. The summed E-state index contributed by atoms with van der Waals surface area (Å²) in [5.41, 5.74) is 0. The first kappa shape index (κ1) is 9.34. The van der Waals surface area contributed by atoms with Crippen LogP contribution in [0.25, 0.3) is 0 Å². The number of halogens is 1. The maximum atomic E-state index is 5.18. The molecule has 0 aliphatic carbocycles. The molecule has 0 unspecified atom stereocenters. The van der Waals surface area contributed by atoms with Gasteiger partial charge in [0.25, 0.3) is 0 Å². The predicted molar refractivity (Wildman–Crippen MR) is 52.8 cm³/mol. The molecule has 0 N–H and O–H groups in total. The molecule has 0 saturated carbocycles. The summed E-state index contributed by atoms with van der Waals surface area (Å²) >= 11 is 3.79. The maximum absolute atomic E-state index is 5.18. The van der Waals surface area contributed by atoms with Crippen LogP contribution in [0.1, 0.15) is 11.9 Å². The van der Waals surface area contributed by atoms with Crippen LogP contribution in [-0.2, 0) is 11.2 Å². The zero-order valence-corrected chi connectivity index (χ0v) is 9.18. The van der Waals surface area contributed by atoms with Gasteiger partial charge < -0.3 is 4.74 Å². The quantitative estimate of drug-likeness (QED) is 0.624. The van der Waals surface area contributed by atoms with Crippen LogP contribution in [-0.4, -0.2) is 23.4 Å². The molecule has 3 nitrogen and oxygen atoms in total. The minimum absolute atomic E-state index is 0.752. The molecular weight excluding hydrogens is 275 g/mol. The first-order valence-electron chi connectivity index (χ1n) is 3.38. The van der Waals surface area contributed by atoms with Gasteiger partial charge in [-0.2, -0.15) is 0 Å². The van der Waals surface area contributed by atoms with Gasteiger partial charge in [-0.1, -0.05) is 11.3 Å². The van der Waals surface area contributed by atoms with Gasteiger partial charge >= 0.3 is 0 Å². The monoisotopic (exact) mass is 284 g/mol. The van der Waals surface area contributed by atoms with Crippen LogP contribution in [0.2, 0.25) is 0 Å². The van der Waals surface area contributed by atoms with E-state index in [1.807, 2.05) is 6.92 Å². The smallest absolute Gasteiger partial charge is 0.178 e. The van der Waals surface area contributed by atoms with E-state index in [0.29, 0.717) is 0 Å². The van der Waals surface area contributed by atoms with Crippen LogP contribution in [0.4, 0.5) is 0 Å². The van der Waals surface area contributed by atoms with E-state index in [0.717, 1.165) is 27.7 Å². The average Bonchev–Trinajstić information content (AvgIpc) is 2.37. The lowest BCUT2D eigenvalue weighted by Crippen LogP contribution is -1.97. The van der Waals surface area contributed by atoms with Crippen molar-refractivity contribution in [2.24, 2.45) is 0 Å². The van der Waals surface area contributed by atoms with Gasteiger partial charge in [0.05, 0.1) is 6.61 Å². The molecule has 0 amide bonds. The third kappa shape index (κ3) is 3.44. The van der Waals surface area contributed by atoms with E-state index in [2.05, 4.69) is 32.8 Å². The lowest BCUT2D eigenvalue weighted by atomic mass is 10.5. The first-order valence-corrected chi connectivity index (χ1v) is 5.28. The lowest BCUT2D eigenvalue weighted by molar-refractivity contribution is 0.150. The van der Waals surface area contributed by atoms with Crippen LogP contribution in [0.5, 0.6) is 0 Å². The van der Waals surface area contributed by atoms with Crippen molar-refractivity contribution in [2.75, 3.05) is 13.2 Å². The Morgan fingerprint density at radius 3 is 2.91 bits per heavy atom. The fourth-order valence-corrected chi connectivity index (χ4v) is 2.05. The molecule has 1 aromatic heterocycles. The second-order valence-electron chi connectivity index (χ2n) is 1.90. The molecule has 62 valence electrons. The van der Waals surface area contributed by atoms with Crippen molar-refractivity contribution in [3.05, 3.63) is 8.02 Å². The number of aromatic nitrogens is 2. The first-order chi connectivity index (χ1) is 5.33. The summed E-state index contributed by atoms with van der Waals surface area (Å²) in [6.45, 7) is 3.52. The maximum Gasteiger partial charge on any atom is 0.178 e. The standard InChI is InChI=1S/C6H9IN2OS/c1-2-10-4-3-5-8-9-6(7)11-5/h2-4H2,1H3. The normalized spacial score (nSPS) is 10.4. The molecule has 0 spiro atoms. The summed E-state index contributed by atoms with van der Waals surface area (Å²) < 4.78 is 6.18. The molecule has 1 heterocycles. The summed E-state index contributed by atoms with van der Waals surface area (Å²) in [4.78, 5) is 0. The molecule has 0 bridgehead atoms. The van der Waals surface area contributed by atoms with Crippen molar-refractivity contribution in [3.63, 3.8) is 0 Å². The largest absolute Gasteiger partial charge is 0.381 e. The predicted octanol–water partition coefficient (Wildman–Crippen LogP) is 1.72. The number of nitrogens with zero attached hydrogens (tertiary/aromatic N) is 2. The zero-order chi connectivity index (χ0) is 8.10. The van der Waals surface area contributed by atoms with Crippen molar-refractivity contribution in [2.45, 2.75) is 13.3 Å². The highest BCUT2D eigenvalue weighted by molar-refractivity contribution is 14.1. The fourth-order valence-electron chi connectivity index (χ4n) is 0.638. The highest BCUT2D eigenvalue weighted by Gasteiger charge is 1.99. The van der Waals surface area contributed by atoms with Gasteiger partial charge in [-0.05, 0) is 29.5 Å². The van der Waals surface area contributed by atoms with Gasteiger partial charge in [-0.15, -0.1) is 10.2 Å². The molecule has 5 heteroatoms. The van der Waals surface area contributed by atoms with Crippen LogP contribution in [0.15, 0.2) is 0 Å². The number of hydrogen-bond donors (Lipinski definition) is 0. The molecule has 0 aromatic carbocycles. The van der Waals surface area contributed by atoms with Crippen molar-refractivity contribution in [1.29, 1.82) is 0 Å². The Morgan fingerprint density at radius 2 is 2.36 bits per heavy atom. The topological polar surface area (TPSA) is 35.0 Å². The van der Waals surface area contributed by atoms with E-state index in [4.69, 9.17) is 4.74 Å². The van der Waals surface area contributed by atoms with E-state index in [1.165, 1.54) is 0 Å². The van der Waals surface area contributed by atoms with Gasteiger partial charge in [-0.25, -0.2) is 0 Å². The van der Waals surface area contributed by atoms with Gasteiger partial charge in [0.15, 0.2) is 3.01 Å². The zero-order valence-electron chi connectivity index (χ0n) is 6.21. The molecule has 1 aromatic rings. The van der Waals surface area contributed by atoms with E-state index < -0.39 is 0 Å². The minimum Gasteiger partial charge on any atom is -0.381 e. The summed E-state index contributed by atoms with van der Waals surface area (Å²) in [7, 11) is 0. The van der Waals surface area contributed by atoms with E-state index in [1.54, 1.807) is 11.3 Å². The highest BCUT2D eigenvalue weighted by atomic mass is 127. The Morgan fingerprint density at radius 1 is 1.55 bits per heavy atom.